The molecule has 2 saturated heterocycles. The van der Waals surface area contributed by atoms with Crippen molar-refractivity contribution in [2.24, 2.45) is 9.98 Å². The summed E-state index contributed by atoms with van der Waals surface area (Å²) in [5, 5.41) is 27.8. The van der Waals surface area contributed by atoms with Crippen LogP contribution >= 0.6 is 0 Å². The molecule has 0 spiro atoms. The zero-order chi connectivity index (χ0) is 31.6. The fraction of sp³-hybridized carbons (Fsp3) is 0.368. The van der Waals surface area contributed by atoms with E-state index in [0.29, 0.717) is 47.2 Å². The molecule has 0 atom stereocenters. The molecular formula is C38H42N4NiO4. The van der Waals surface area contributed by atoms with Gasteiger partial charge < -0.3 is 19.7 Å². The molecule has 0 amide bonds. The van der Waals surface area contributed by atoms with Crippen molar-refractivity contribution in [3.63, 3.8) is 0 Å². The fourth-order valence-electron chi connectivity index (χ4n) is 6.07. The number of hydrogen-bond donors (Lipinski definition) is 0. The standard InChI is InChI=1S/C38H44N4O4.Ni/c43-37-25-33(45-21-19-41-15-5-1-6-16-41)13-11-31(37)27-39-35-23-29-9-3-4-10-30(29)24-36(35)40-28-32-12-14-34(26-38(32)44)46-22-20-42-17-7-2-8-18-42;/h3-4,9-14,23-28,43-44H,1-2,5-8,15-22H2;/q;+2/p-2. The van der Waals surface area contributed by atoms with Crippen molar-refractivity contribution in [2.45, 2.75) is 38.5 Å². The van der Waals surface area contributed by atoms with Crippen LogP contribution in [0.5, 0.6) is 23.0 Å². The minimum absolute atomic E-state index is 0. The van der Waals surface area contributed by atoms with Crippen molar-refractivity contribution in [2.75, 3.05) is 52.5 Å². The number of hydrogen-bond acceptors (Lipinski definition) is 8. The van der Waals surface area contributed by atoms with Gasteiger partial charge in [-0.15, -0.1) is 0 Å². The van der Waals surface area contributed by atoms with Gasteiger partial charge in [-0.3, -0.25) is 19.8 Å². The molecule has 9 heteroatoms. The number of likely N-dealkylation sites (tertiary alicyclic amines) is 2. The Bertz CT molecular complexity index is 1540. The van der Waals surface area contributed by atoms with E-state index in [0.717, 1.165) is 50.0 Å². The summed E-state index contributed by atoms with van der Waals surface area (Å²) in [7, 11) is 0. The summed E-state index contributed by atoms with van der Waals surface area (Å²) in [6.07, 6.45) is 10.7. The molecular weight excluding hydrogens is 635 g/mol. The Morgan fingerprint density at radius 3 is 1.40 bits per heavy atom. The molecule has 4 aromatic rings. The van der Waals surface area contributed by atoms with Gasteiger partial charge in [0.1, 0.15) is 24.7 Å². The van der Waals surface area contributed by atoms with Crippen LogP contribution in [0, 0.1) is 0 Å². The van der Waals surface area contributed by atoms with Gasteiger partial charge >= 0.3 is 16.5 Å². The first-order valence-electron chi connectivity index (χ1n) is 16.5. The summed E-state index contributed by atoms with van der Waals surface area (Å²) < 4.78 is 11.7. The quantitative estimate of drug-likeness (QED) is 0.131. The maximum Gasteiger partial charge on any atom is 2.00 e. The number of aliphatic imine (C=N–C) groups is 2. The molecule has 0 N–H and O–H groups in total. The number of benzene rings is 4. The molecule has 2 fully saturated rings. The largest absolute Gasteiger partial charge is 2.00 e. The Morgan fingerprint density at radius 1 is 0.574 bits per heavy atom. The van der Waals surface area contributed by atoms with Crippen molar-refractivity contribution in [1.29, 1.82) is 0 Å². The third-order valence-corrected chi connectivity index (χ3v) is 8.75. The van der Waals surface area contributed by atoms with Crippen LogP contribution < -0.4 is 19.7 Å². The van der Waals surface area contributed by atoms with Gasteiger partial charge in [0.25, 0.3) is 0 Å². The molecule has 8 nitrogen and oxygen atoms in total. The number of piperidine rings is 2. The average molecular weight is 677 g/mol. The predicted octanol–water partition coefficient (Wildman–Crippen LogP) is 6.22. The second-order valence-corrected chi connectivity index (χ2v) is 12.1. The van der Waals surface area contributed by atoms with Crippen molar-refractivity contribution in [3.8, 4) is 23.0 Å². The first-order valence-corrected chi connectivity index (χ1v) is 16.5. The summed E-state index contributed by atoms with van der Waals surface area (Å²) in [6, 6.07) is 22.0. The normalized spacial score (nSPS) is 16.1. The fourth-order valence-corrected chi connectivity index (χ4v) is 6.07. The van der Waals surface area contributed by atoms with E-state index in [1.165, 1.54) is 50.7 Å². The predicted molar refractivity (Wildman–Crippen MR) is 182 cm³/mol. The van der Waals surface area contributed by atoms with Crippen LogP contribution in [0.3, 0.4) is 0 Å². The smallest absolute Gasteiger partial charge is 0.872 e. The summed E-state index contributed by atoms with van der Waals surface area (Å²) >= 11 is 0. The van der Waals surface area contributed by atoms with Crippen molar-refractivity contribution >= 4 is 34.6 Å². The van der Waals surface area contributed by atoms with E-state index < -0.39 is 0 Å². The van der Waals surface area contributed by atoms with Crippen LogP contribution in [-0.4, -0.2) is 74.7 Å². The second kappa shape index (κ2) is 17.3. The zero-order valence-corrected chi connectivity index (χ0v) is 27.7. The summed E-state index contributed by atoms with van der Waals surface area (Å²) in [5.41, 5.74) is 2.12. The van der Waals surface area contributed by atoms with Gasteiger partial charge in [0.2, 0.25) is 0 Å². The van der Waals surface area contributed by atoms with Gasteiger partial charge in [0.05, 0.1) is 11.4 Å². The van der Waals surface area contributed by atoms with Gasteiger partial charge in [0.15, 0.2) is 0 Å². The SMILES string of the molecule is [Ni+2].[O-]c1cc(OCCN2CCCCC2)ccc1C=Nc1cc2ccccc2cc1N=Cc1ccc(OCCN2CCCCC2)cc1[O-]. The number of nitrogens with zero attached hydrogens (tertiary/aromatic N) is 4. The molecule has 0 aromatic heterocycles. The van der Waals surface area contributed by atoms with E-state index >= 15 is 0 Å². The molecule has 0 saturated carbocycles. The van der Waals surface area contributed by atoms with E-state index in [4.69, 9.17) is 9.47 Å². The molecule has 2 heterocycles. The molecule has 0 radical (unpaired) electrons. The summed E-state index contributed by atoms with van der Waals surface area (Å²) in [4.78, 5) is 14.2. The molecule has 4 aromatic carbocycles. The van der Waals surface area contributed by atoms with Gasteiger partial charge in [-0.2, -0.15) is 0 Å². The minimum Gasteiger partial charge on any atom is -0.872 e. The van der Waals surface area contributed by atoms with Crippen molar-refractivity contribution in [1.82, 2.24) is 9.80 Å². The van der Waals surface area contributed by atoms with E-state index in [1.54, 1.807) is 24.6 Å². The number of fused-ring (bicyclic) bond motifs is 1. The monoisotopic (exact) mass is 676 g/mol. The Hall–Kier alpha value is -3.91. The minimum atomic E-state index is -0.153. The Labute approximate surface area is 287 Å². The Balaban J connectivity index is 0.00000433. The number of ether oxygens (including phenoxy) is 2. The van der Waals surface area contributed by atoms with Gasteiger partial charge in [-0.05, 0) is 110 Å². The first kappa shape index (κ1) is 34.4. The topological polar surface area (TPSA) is 95.8 Å². The molecule has 6 rings (SSSR count). The van der Waals surface area contributed by atoms with Crippen LogP contribution in [0.4, 0.5) is 11.4 Å². The van der Waals surface area contributed by atoms with Crippen LogP contribution in [-0.2, 0) is 16.5 Å². The van der Waals surface area contributed by atoms with Gasteiger partial charge in [0, 0.05) is 25.5 Å². The first-order chi connectivity index (χ1) is 22.6. The molecule has 248 valence electrons. The molecule has 2 aliphatic rings. The molecule has 47 heavy (non-hydrogen) atoms. The summed E-state index contributed by atoms with van der Waals surface area (Å²) in [6.45, 7) is 7.32. The van der Waals surface area contributed by atoms with E-state index in [2.05, 4.69) is 19.8 Å². The van der Waals surface area contributed by atoms with E-state index in [9.17, 15) is 10.2 Å². The van der Waals surface area contributed by atoms with E-state index in [-0.39, 0.29) is 28.0 Å². The second-order valence-electron chi connectivity index (χ2n) is 12.1. The summed E-state index contributed by atoms with van der Waals surface area (Å²) in [5.74, 6) is 0.836. The van der Waals surface area contributed by atoms with Gasteiger partial charge in [-0.25, -0.2) is 0 Å². The van der Waals surface area contributed by atoms with Crippen molar-refractivity contribution in [3.05, 3.63) is 83.9 Å². The van der Waals surface area contributed by atoms with Crippen LogP contribution in [0.15, 0.2) is 82.8 Å². The molecule has 0 bridgehead atoms. The maximum atomic E-state index is 12.9. The molecule has 0 unspecified atom stereocenters. The van der Waals surface area contributed by atoms with Crippen molar-refractivity contribution < 1.29 is 36.2 Å². The third kappa shape index (κ3) is 9.80. The maximum absolute atomic E-state index is 12.9. The Kier molecular flexibility index (Phi) is 12.7. The number of rotatable bonds is 12. The molecule has 0 aliphatic carbocycles. The molecule has 2 aliphatic heterocycles. The zero-order valence-electron chi connectivity index (χ0n) is 26.7. The third-order valence-electron chi connectivity index (χ3n) is 8.75. The van der Waals surface area contributed by atoms with E-state index in [1.807, 2.05) is 48.5 Å². The van der Waals surface area contributed by atoms with Crippen LogP contribution in [0.1, 0.15) is 49.7 Å². The Morgan fingerprint density at radius 2 is 1.00 bits per heavy atom. The van der Waals surface area contributed by atoms with Crippen LogP contribution in [0.25, 0.3) is 10.8 Å². The average Bonchev–Trinajstić information content (AvgIpc) is 3.08. The van der Waals surface area contributed by atoms with Gasteiger partial charge in [-0.1, -0.05) is 60.7 Å². The van der Waals surface area contributed by atoms with Crippen LogP contribution in [0.2, 0.25) is 0 Å².